The molecule has 8 rings (SSSR count). The first-order valence-corrected chi connectivity index (χ1v) is 18.3. The number of Topliss-reactive ketones (excluding diaryl/α,β-unsaturated/α-hetero) is 2. The van der Waals surface area contributed by atoms with E-state index in [0.717, 1.165) is 68.3 Å². The molecule has 2 N–H and O–H groups in total. The van der Waals surface area contributed by atoms with Crippen molar-refractivity contribution in [2.75, 3.05) is 13.1 Å². The molecule has 2 aromatic heterocycles. The van der Waals surface area contributed by atoms with Gasteiger partial charge in [0, 0.05) is 47.7 Å². The van der Waals surface area contributed by atoms with Crippen LogP contribution in [0.4, 0.5) is 0 Å². The summed E-state index contributed by atoms with van der Waals surface area (Å²) in [5, 5.41) is 2.02. The predicted octanol–water partition coefficient (Wildman–Crippen LogP) is 7.01. The van der Waals surface area contributed by atoms with Crippen molar-refractivity contribution in [2.24, 2.45) is 0 Å². The largest absolute Gasteiger partial charge is 0.353 e. The van der Waals surface area contributed by atoms with Gasteiger partial charge in [-0.05, 0) is 84.3 Å². The van der Waals surface area contributed by atoms with Crippen molar-refractivity contribution in [2.45, 2.75) is 63.5 Å². The van der Waals surface area contributed by atoms with Crippen LogP contribution >= 0.6 is 0 Å². The molecule has 8 nitrogen and oxygen atoms in total. The van der Waals surface area contributed by atoms with Crippen molar-refractivity contribution in [1.29, 1.82) is 0 Å². The molecule has 52 heavy (non-hydrogen) atoms. The highest BCUT2D eigenvalue weighted by Gasteiger charge is 2.35. The number of nitrogens with one attached hydrogen (secondary N) is 2. The number of aromatic amines is 2. The lowest BCUT2D eigenvalue weighted by Crippen LogP contribution is -2.41. The molecule has 262 valence electrons. The number of hydrogen-bond donors (Lipinski definition) is 2. The Morgan fingerprint density at radius 2 is 0.923 bits per heavy atom. The number of amides is 2. The van der Waals surface area contributed by atoms with E-state index in [0.29, 0.717) is 38.8 Å². The molecule has 2 aliphatic rings. The molecular weight excluding hydrogens is 649 g/mol. The summed E-state index contributed by atoms with van der Waals surface area (Å²) in [5.41, 5.74) is 7.59. The molecule has 0 bridgehead atoms. The van der Waals surface area contributed by atoms with Gasteiger partial charge in [-0.3, -0.25) is 19.2 Å². The van der Waals surface area contributed by atoms with E-state index in [1.165, 1.54) is 0 Å². The van der Waals surface area contributed by atoms with Crippen molar-refractivity contribution in [3.05, 3.63) is 131 Å². The number of carbonyl (C=O) groups excluding carboxylic acids is 4. The summed E-state index contributed by atoms with van der Waals surface area (Å²) < 4.78 is 0. The number of carbonyl (C=O) groups is 4. The fourth-order valence-corrected chi connectivity index (χ4v) is 8.06. The van der Waals surface area contributed by atoms with Crippen LogP contribution in [0.15, 0.2) is 109 Å². The Morgan fingerprint density at radius 1 is 0.500 bits per heavy atom. The lowest BCUT2D eigenvalue weighted by Gasteiger charge is -2.24. The van der Waals surface area contributed by atoms with Crippen LogP contribution in [-0.4, -0.2) is 68.3 Å². The fourth-order valence-electron chi connectivity index (χ4n) is 8.06. The molecule has 0 aliphatic carbocycles. The maximum absolute atomic E-state index is 13.5. The Kier molecular flexibility index (Phi) is 9.29. The molecular formula is C44H42N4O4. The fraction of sp³-hybridized carbons (Fsp3) is 0.273. The highest BCUT2D eigenvalue weighted by molar-refractivity contribution is 5.95. The van der Waals surface area contributed by atoms with Crippen molar-refractivity contribution >= 4 is 45.2 Å². The number of likely N-dealkylation sites (tertiary alicyclic amines) is 2. The van der Waals surface area contributed by atoms with E-state index < -0.39 is 0 Å². The van der Waals surface area contributed by atoms with Gasteiger partial charge in [-0.25, -0.2) is 0 Å². The first-order valence-electron chi connectivity index (χ1n) is 18.3. The van der Waals surface area contributed by atoms with Gasteiger partial charge in [0.05, 0.1) is 36.3 Å². The maximum Gasteiger partial charge on any atom is 0.227 e. The van der Waals surface area contributed by atoms with Crippen molar-refractivity contribution in [3.63, 3.8) is 0 Å². The van der Waals surface area contributed by atoms with Gasteiger partial charge in [-0.1, -0.05) is 72.8 Å². The summed E-state index contributed by atoms with van der Waals surface area (Å²) >= 11 is 0. The Hall–Kier alpha value is -5.76. The quantitative estimate of drug-likeness (QED) is 0.153. The SMILES string of the molecule is O=C(Cc1ccc2[nH]c(-c3cc4cc(CC(=O)[C@@H]5CCCN5C(=O)Cc5ccccc5)ccc4[nH]3)cc2c1)[C@@H]1CCCN1C(=O)Cc1ccccc1. The van der Waals surface area contributed by atoms with Gasteiger partial charge in [-0.2, -0.15) is 0 Å². The predicted molar refractivity (Wildman–Crippen MR) is 203 cm³/mol. The van der Waals surface area contributed by atoms with Gasteiger partial charge in [0.1, 0.15) is 0 Å². The van der Waals surface area contributed by atoms with Crippen LogP contribution in [0.3, 0.4) is 0 Å². The lowest BCUT2D eigenvalue weighted by atomic mass is 10.0. The molecule has 2 aliphatic heterocycles. The Balaban J connectivity index is 0.923. The van der Waals surface area contributed by atoms with E-state index in [-0.39, 0.29) is 48.3 Å². The van der Waals surface area contributed by atoms with Crippen LogP contribution in [0.5, 0.6) is 0 Å². The van der Waals surface area contributed by atoms with Crippen LogP contribution in [0, 0.1) is 0 Å². The standard InChI is InChI=1S/C44H42N4O4/c49-41(39-13-7-19-47(39)43(51)25-29-9-3-1-4-10-29)23-31-15-17-35-33(21-31)27-37(45-35)38-28-34-22-32(16-18-36(34)46-38)24-42(50)40-14-8-20-48(40)44(52)26-30-11-5-2-6-12-30/h1-6,9-12,15-18,21-22,27-28,39-40,45-46H,7-8,13-14,19-20,23-26H2/t39-,40-/m0/s1. The number of ketones is 2. The summed E-state index contributed by atoms with van der Waals surface area (Å²) in [6, 6.07) is 34.9. The number of rotatable bonds is 11. The third-order valence-electron chi connectivity index (χ3n) is 10.7. The zero-order chi connectivity index (χ0) is 35.6. The molecule has 2 saturated heterocycles. The summed E-state index contributed by atoms with van der Waals surface area (Å²) in [5.74, 6) is 0.185. The molecule has 4 aromatic carbocycles. The minimum atomic E-state index is -0.376. The van der Waals surface area contributed by atoms with Gasteiger partial charge in [0.2, 0.25) is 11.8 Å². The topological polar surface area (TPSA) is 106 Å². The van der Waals surface area contributed by atoms with Crippen LogP contribution in [0.2, 0.25) is 0 Å². The number of benzene rings is 4. The molecule has 2 fully saturated rings. The average molecular weight is 691 g/mol. The van der Waals surface area contributed by atoms with Crippen molar-refractivity contribution in [1.82, 2.24) is 19.8 Å². The highest BCUT2D eigenvalue weighted by atomic mass is 16.2. The molecule has 0 spiro atoms. The van der Waals surface area contributed by atoms with E-state index in [9.17, 15) is 19.2 Å². The normalized spacial score (nSPS) is 17.3. The molecule has 2 amide bonds. The molecule has 0 unspecified atom stereocenters. The summed E-state index contributed by atoms with van der Waals surface area (Å²) in [6.07, 6.45) is 4.29. The van der Waals surface area contributed by atoms with Crippen LogP contribution in [-0.2, 0) is 44.9 Å². The zero-order valence-corrected chi connectivity index (χ0v) is 29.1. The monoisotopic (exact) mass is 690 g/mol. The molecule has 2 atom stereocenters. The summed E-state index contributed by atoms with van der Waals surface area (Å²) in [4.78, 5) is 63.7. The van der Waals surface area contributed by atoms with Crippen LogP contribution < -0.4 is 0 Å². The average Bonchev–Trinajstić information content (AvgIpc) is 3.98. The van der Waals surface area contributed by atoms with Gasteiger partial charge in [0.25, 0.3) is 0 Å². The van der Waals surface area contributed by atoms with Gasteiger partial charge in [0.15, 0.2) is 11.6 Å². The smallest absolute Gasteiger partial charge is 0.227 e. The maximum atomic E-state index is 13.5. The highest BCUT2D eigenvalue weighted by Crippen LogP contribution is 2.30. The lowest BCUT2D eigenvalue weighted by molar-refractivity contribution is -0.136. The van der Waals surface area contributed by atoms with Gasteiger partial charge >= 0.3 is 0 Å². The Morgan fingerprint density at radius 3 is 1.35 bits per heavy atom. The van der Waals surface area contributed by atoms with E-state index in [4.69, 9.17) is 0 Å². The van der Waals surface area contributed by atoms with Crippen molar-refractivity contribution in [3.8, 4) is 11.4 Å². The van der Waals surface area contributed by atoms with E-state index in [1.54, 1.807) is 9.80 Å². The number of fused-ring (bicyclic) bond motifs is 2. The minimum absolute atomic E-state index is 0.0105. The third-order valence-corrected chi connectivity index (χ3v) is 10.7. The van der Waals surface area contributed by atoms with Crippen molar-refractivity contribution < 1.29 is 19.2 Å². The molecule has 4 heterocycles. The molecule has 8 heteroatoms. The minimum Gasteiger partial charge on any atom is -0.353 e. The second-order valence-corrected chi connectivity index (χ2v) is 14.3. The number of H-pyrrole nitrogens is 2. The Bertz CT molecular complexity index is 2110. The second kappa shape index (κ2) is 14.5. The van der Waals surface area contributed by atoms with Gasteiger partial charge < -0.3 is 19.8 Å². The van der Waals surface area contributed by atoms with Crippen LogP contribution in [0.25, 0.3) is 33.2 Å². The van der Waals surface area contributed by atoms with Gasteiger partial charge in [-0.15, -0.1) is 0 Å². The van der Waals surface area contributed by atoms with Crippen LogP contribution in [0.1, 0.15) is 47.9 Å². The second-order valence-electron chi connectivity index (χ2n) is 14.3. The number of hydrogen-bond acceptors (Lipinski definition) is 4. The van der Waals surface area contributed by atoms with E-state index >= 15 is 0 Å². The molecule has 0 saturated carbocycles. The summed E-state index contributed by atoms with van der Waals surface area (Å²) in [6.45, 7) is 1.25. The molecule has 6 aromatic rings. The zero-order valence-electron chi connectivity index (χ0n) is 29.1. The number of aromatic nitrogens is 2. The third kappa shape index (κ3) is 7.06. The first kappa shape index (κ1) is 33.4. The first-order chi connectivity index (χ1) is 25.4. The Labute approximate surface area is 302 Å². The van der Waals surface area contributed by atoms with E-state index in [1.807, 2.05) is 84.9 Å². The summed E-state index contributed by atoms with van der Waals surface area (Å²) in [7, 11) is 0. The van der Waals surface area contributed by atoms with E-state index in [2.05, 4.69) is 34.2 Å². The number of nitrogens with zero attached hydrogens (tertiary/aromatic N) is 2. The molecule has 0 radical (unpaired) electrons.